The molecule has 1 aromatic heterocycles. The highest BCUT2D eigenvalue weighted by Gasteiger charge is 2.23. The van der Waals surface area contributed by atoms with E-state index in [1.807, 2.05) is 48.7 Å². The van der Waals surface area contributed by atoms with Gasteiger partial charge in [0.2, 0.25) is 0 Å². The molecule has 0 aliphatic carbocycles. The SMILES string of the molecule is CCOc1ccc(-c2csc(NC(=O)c3ccc(C(C)(C)C)cc3)c2C(=O)OC)cc1. The van der Waals surface area contributed by atoms with Gasteiger partial charge in [-0.2, -0.15) is 0 Å². The first kappa shape index (κ1) is 22.6. The van der Waals surface area contributed by atoms with Gasteiger partial charge in [-0.1, -0.05) is 45.0 Å². The first-order valence-electron chi connectivity index (χ1n) is 10.1. The molecular weight excluding hydrogens is 410 g/mol. The number of thiophene rings is 1. The topological polar surface area (TPSA) is 64.6 Å². The van der Waals surface area contributed by atoms with Crippen LogP contribution in [-0.2, 0) is 10.2 Å². The molecule has 6 heteroatoms. The molecule has 31 heavy (non-hydrogen) atoms. The first-order valence-corrected chi connectivity index (χ1v) is 11.0. The van der Waals surface area contributed by atoms with Crippen molar-refractivity contribution in [1.82, 2.24) is 0 Å². The number of esters is 1. The van der Waals surface area contributed by atoms with Gasteiger partial charge in [-0.05, 0) is 47.7 Å². The summed E-state index contributed by atoms with van der Waals surface area (Å²) in [5, 5.41) is 5.18. The molecule has 0 aliphatic rings. The van der Waals surface area contributed by atoms with E-state index in [-0.39, 0.29) is 11.3 Å². The maximum absolute atomic E-state index is 12.8. The molecule has 0 radical (unpaired) electrons. The fourth-order valence-electron chi connectivity index (χ4n) is 3.16. The molecule has 2 aromatic carbocycles. The summed E-state index contributed by atoms with van der Waals surface area (Å²) in [6, 6.07) is 15.0. The first-order chi connectivity index (χ1) is 14.7. The van der Waals surface area contributed by atoms with E-state index in [0.29, 0.717) is 28.3 Å². The van der Waals surface area contributed by atoms with Crippen molar-refractivity contribution in [3.63, 3.8) is 0 Å². The van der Waals surface area contributed by atoms with Gasteiger partial charge in [0, 0.05) is 16.5 Å². The number of hydrogen-bond acceptors (Lipinski definition) is 5. The molecule has 5 nitrogen and oxygen atoms in total. The van der Waals surface area contributed by atoms with Crippen molar-refractivity contribution < 1.29 is 19.1 Å². The fourth-order valence-corrected chi connectivity index (χ4v) is 4.11. The molecule has 0 unspecified atom stereocenters. The Morgan fingerprint density at radius 2 is 1.65 bits per heavy atom. The van der Waals surface area contributed by atoms with E-state index in [1.165, 1.54) is 18.4 Å². The summed E-state index contributed by atoms with van der Waals surface area (Å²) >= 11 is 1.30. The Balaban J connectivity index is 1.89. The second kappa shape index (κ2) is 9.35. The molecule has 3 aromatic rings. The maximum atomic E-state index is 12.8. The molecular formula is C25H27NO4S. The molecule has 0 spiro atoms. The number of amides is 1. The number of nitrogens with one attached hydrogen (secondary N) is 1. The number of carbonyl (C=O) groups is 2. The van der Waals surface area contributed by atoms with E-state index in [0.717, 1.165) is 16.9 Å². The monoisotopic (exact) mass is 437 g/mol. The predicted octanol–water partition coefficient (Wildman–Crippen LogP) is 6.15. The lowest BCUT2D eigenvalue weighted by atomic mass is 9.87. The number of anilines is 1. The smallest absolute Gasteiger partial charge is 0.341 e. The van der Waals surface area contributed by atoms with Crippen LogP contribution in [-0.4, -0.2) is 25.6 Å². The summed E-state index contributed by atoms with van der Waals surface area (Å²) in [5.74, 6) is -0.0115. The van der Waals surface area contributed by atoms with Gasteiger partial charge in [0.25, 0.3) is 5.91 Å². The van der Waals surface area contributed by atoms with Crippen LogP contribution in [0.4, 0.5) is 5.00 Å². The summed E-state index contributed by atoms with van der Waals surface area (Å²) in [5.41, 5.74) is 3.57. The molecule has 162 valence electrons. The number of carbonyl (C=O) groups excluding carboxylic acids is 2. The molecule has 1 amide bonds. The summed E-state index contributed by atoms with van der Waals surface area (Å²) in [4.78, 5) is 25.4. The zero-order valence-corrected chi connectivity index (χ0v) is 19.3. The lowest BCUT2D eigenvalue weighted by Crippen LogP contribution is -2.15. The normalized spacial score (nSPS) is 11.1. The predicted molar refractivity (Wildman–Crippen MR) is 125 cm³/mol. The summed E-state index contributed by atoms with van der Waals surface area (Å²) in [7, 11) is 1.33. The van der Waals surface area contributed by atoms with Crippen LogP contribution in [0.2, 0.25) is 0 Å². The van der Waals surface area contributed by atoms with Gasteiger partial charge in [-0.25, -0.2) is 4.79 Å². The van der Waals surface area contributed by atoms with Crippen LogP contribution in [0.15, 0.2) is 53.9 Å². The van der Waals surface area contributed by atoms with E-state index in [1.54, 1.807) is 12.1 Å². The van der Waals surface area contributed by atoms with Gasteiger partial charge >= 0.3 is 5.97 Å². The minimum atomic E-state index is -0.497. The zero-order valence-electron chi connectivity index (χ0n) is 18.4. The lowest BCUT2D eigenvalue weighted by Gasteiger charge is -2.19. The van der Waals surface area contributed by atoms with Gasteiger partial charge in [0.05, 0.1) is 13.7 Å². The second-order valence-electron chi connectivity index (χ2n) is 8.08. The van der Waals surface area contributed by atoms with E-state index < -0.39 is 5.97 Å². The average molecular weight is 438 g/mol. The second-order valence-corrected chi connectivity index (χ2v) is 8.96. The summed E-state index contributed by atoms with van der Waals surface area (Å²) in [6.45, 7) is 8.88. The number of rotatable bonds is 6. The Bertz CT molecular complexity index is 1060. The van der Waals surface area contributed by atoms with Gasteiger partial charge in [0.1, 0.15) is 16.3 Å². The van der Waals surface area contributed by atoms with Crippen LogP contribution >= 0.6 is 11.3 Å². The van der Waals surface area contributed by atoms with Gasteiger partial charge in [-0.3, -0.25) is 4.79 Å². The van der Waals surface area contributed by atoms with E-state index in [9.17, 15) is 9.59 Å². The highest BCUT2D eigenvalue weighted by molar-refractivity contribution is 7.15. The van der Waals surface area contributed by atoms with Crippen molar-refractivity contribution >= 4 is 28.2 Å². The highest BCUT2D eigenvalue weighted by atomic mass is 32.1. The third-order valence-corrected chi connectivity index (χ3v) is 5.79. The molecule has 1 N–H and O–H groups in total. The fraction of sp³-hybridized carbons (Fsp3) is 0.280. The van der Waals surface area contributed by atoms with E-state index >= 15 is 0 Å². The third kappa shape index (κ3) is 5.14. The third-order valence-electron chi connectivity index (χ3n) is 4.90. The number of benzene rings is 2. The standard InChI is InChI=1S/C25H27NO4S/c1-6-30-19-13-9-16(10-14-19)20-15-31-23(21(20)24(28)29-5)26-22(27)17-7-11-18(12-8-17)25(2,3)4/h7-15H,6H2,1-5H3,(H,26,27). The van der Waals surface area contributed by atoms with Crippen LogP contribution in [0.5, 0.6) is 5.75 Å². The van der Waals surface area contributed by atoms with Crippen LogP contribution in [0.3, 0.4) is 0 Å². The van der Waals surface area contributed by atoms with Gasteiger partial charge in [-0.15, -0.1) is 11.3 Å². The van der Waals surface area contributed by atoms with Crippen molar-refractivity contribution in [2.24, 2.45) is 0 Å². The Morgan fingerprint density at radius 3 is 2.19 bits per heavy atom. The lowest BCUT2D eigenvalue weighted by molar-refractivity contribution is 0.0603. The Kier molecular flexibility index (Phi) is 6.81. The Morgan fingerprint density at radius 1 is 1.00 bits per heavy atom. The largest absolute Gasteiger partial charge is 0.494 e. The molecule has 0 saturated carbocycles. The molecule has 0 bridgehead atoms. The molecule has 0 aliphatic heterocycles. The Labute approximate surface area is 187 Å². The van der Waals surface area contributed by atoms with E-state index in [2.05, 4.69) is 26.1 Å². The van der Waals surface area contributed by atoms with Crippen molar-refractivity contribution in [2.75, 3.05) is 19.0 Å². The van der Waals surface area contributed by atoms with Crippen molar-refractivity contribution in [3.8, 4) is 16.9 Å². The summed E-state index contributed by atoms with van der Waals surface area (Å²) < 4.78 is 10.5. The van der Waals surface area contributed by atoms with Crippen LogP contribution < -0.4 is 10.1 Å². The van der Waals surface area contributed by atoms with Crippen molar-refractivity contribution in [3.05, 3.63) is 70.6 Å². The van der Waals surface area contributed by atoms with Gasteiger partial charge in [0.15, 0.2) is 0 Å². The number of methoxy groups -OCH3 is 1. The van der Waals surface area contributed by atoms with Crippen LogP contribution in [0.25, 0.3) is 11.1 Å². The molecule has 0 atom stereocenters. The zero-order chi connectivity index (χ0) is 22.6. The van der Waals surface area contributed by atoms with Gasteiger partial charge < -0.3 is 14.8 Å². The molecule has 1 heterocycles. The van der Waals surface area contributed by atoms with Crippen molar-refractivity contribution in [1.29, 1.82) is 0 Å². The maximum Gasteiger partial charge on any atom is 0.341 e. The minimum absolute atomic E-state index is 0.00737. The van der Waals surface area contributed by atoms with E-state index in [4.69, 9.17) is 9.47 Å². The quantitative estimate of drug-likeness (QED) is 0.470. The Hall–Kier alpha value is -3.12. The van der Waals surface area contributed by atoms with Crippen molar-refractivity contribution in [2.45, 2.75) is 33.1 Å². The molecule has 3 rings (SSSR count). The average Bonchev–Trinajstić information content (AvgIpc) is 3.17. The number of hydrogen-bond donors (Lipinski definition) is 1. The molecule has 0 saturated heterocycles. The van der Waals surface area contributed by atoms with Crippen LogP contribution in [0, 0.1) is 0 Å². The molecule has 0 fully saturated rings. The highest BCUT2D eigenvalue weighted by Crippen LogP contribution is 2.37. The minimum Gasteiger partial charge on any atom is -0.494 e. The summed E-state index contributed by atoms with van der Waals surface area (Å²) in [6.07, 6.45) is 0. The van der Waals surface area contributed by atoms with Crippen LogP contribution in [0.1, 0.15) is 54.0 Å². The number of ether oxygens (including phenoxy) is 2.